The minimum absolute atomic E-state index is 0.0887. The van der Waals surface area contributed by atoms with Crippen LogP contribution in [0.25, 0.3) is 10.9 Å². The van der Waals surface area contributed by atoms with Crippen LogP contribution in [0.2, 0.25) is 5.02 Å². The van der Waals surface area contributed by atoms with Crippen molar-refractivity contribution in [1.82, 2.24) is 9.88 Å². The molecule has 1 fully saturated rings. The summed E-state index contributed by atoms with van der Waals surface area (Å²) in [4.78, 5) is 17.7. The Hall–Kier alpha value is -2.60. The van der Waals surface area contributed by atoms with E-state index in [1.165, 1.54) is 6.92 Å². The summed E-state index contributed by atoms with van der Waals surface area (Å²) in [5.41, 5.74) is 2.43. The number of methoxy groups -OCH3 is 1. The Morgan fingerprint density at radius 1 is 1.28 bits per heavy atom. The number of hydrogen-bond acceptors (Lipinski definition) is 2. The summed E-state index contributed by atoms with van der Waals surface area (Å²) in [6.45, 7) is 1.98. The van der Waals surface area contributed by atoms with Gasteiger partial charge in [-0.3, -0.25) is 4.79 Å². The van der Waals surface area contributed by atoms with Crippen LogP contribution in [0.1, 0.15) is 42.6 Å². The highest BCUT2D eigenvalue weighted by Crippen LogP contribution is 2.58. The van der Waals surface area contributed by atoms with Crippen LogP contribution in [0.5, 0.6) is 5.75 Å². The van der Waals surface area contributed by atoms with Crippen LogP contribution < -0.4 is 4.74 Å². The van der Waals surface area contributed by atoms with Crippen LogP contribution in [-0.2, 0) is 10.2 Å². The van der Waals surface area contributed by atoms with Gasteiger partial charge in [-0.2, -0.15) is 0 Å². The molecule has 5 rings (SSSR count). The number of nitrogens with one attached hydrogen (secondary N) is 1. The first-order chi connectivity index (χ1) is 13.9. The Morgan fingerprint density at radius 2 is 2.03 bits per heavy atom. The average molecular weight is 417 g/mol. The molecule has 1 aromatic heterocycles. The topological polar surface area (TPSA) is 45.3 Å². The van der Waals surface area contributed by atoms with E-state index in [0.29, 0.717) is 33.9 Å². The fourth-order valence-electron chi connectivity index (χ4n) is 4.74. The molecule has 1 saturated carbocycles. The normalized spacial score (nSPS) is 19.5. The van der Waals surface area contributed by atoms with E-state index in [2.05, 4.69) is 4.98 Å². The van der Waals surface area contributed by atoms with Crippen molar-refractivity contribution in [3.63, 3.8) is 0 Å². The number of carbonyl (C=O) groups excluding carboxylic acids is 1. The van der Waals surface area contributed by atoms with E-state index in [1.807, 2.05) is 6.07 Å². The van der Waals surface area contributed by atoms with E-state index in [1.54, 1.807) is 30.2 Å². The Balaban J connectivity index is 1.84. The lowest BCUT2D eigenvalue weighted by Gasteiger charge is -2.40. The number of halogens is 3. The fraction of sp³-hybridized carbons (Fsp3) is 0.318. The summed E-state index contributed by atoms with van der Waals surface area (Å²) in [6.07, 6.45) is 1.66. The second kappa shape index (κ2) is 6.20. The third kappa shape index (κ3) is 2.58. The zero-order valence-corrected chi connectivity index (χ0v) is 16.7. The molecular formula is C22H19ClF2N2O2. The minimum atomic E-state index is -0.871. The predicted molar refractivity (Wildman–Crippen MR) is 106 cm³/mol. The van der Waals surface area contributed by atoms with E-state index in [4.69, 9.17) is 16.3 Å². The number of aromatic amines is 1. The van der Waals surface area contributed by atoms with Gasteiger partial charge < -0.3 is 14.6 Å². The van der Waals surface area contributed by atoms with Crippen LogP contribution >= 0.6 is 11.6 Å². The fourth-order valence-corrected chi connectivity index (χ4v) is 4.90. The van der Waals surface area contributed by atoms with Crippen molar-refractivity contribution >= 4 is 28.4 Å². The number of ether oxygens (including phenoxy) is 1. The highest BCUT2D eigenvalue weighted by Gasteiger charge is 2.55. The molecule has 1 unspecified atom stereocenters. The van der Waals surface area contributed by atoms with Gasteiger partial charge in [-0.25, -0.2) is 8.78 Å². The molecule has 7 heteroatoms. The summed E-state index contributed by atoms with van der Waals surface area (Å²) in [5, 5.41) is 0.804. The molecule has 0 bridgehead atoms. The van der Waals surface area contributed by atoms with E-state index in [9.17, 15) is 13.6 Å². The summed E-state index contributed by atoms with van der Waals surface area (Å²) >= 11 is 6.13. The molecule has 1 spiro atoms. The number of benzene rings is 2. The molecule has 29 heavy (non-hydrogen) atoms. The molecule has 2 heterocycles. The number of amides is 1. The quantitative estimate of drug-likeness (QED) is 0.632. The first-order valence-electron chi connectivity index (χ1n) is 9.47. The highest BCUT2D eigenvalue weighted by atomic mass is 35.5. The van der Waals surface area contributed by atoms with E-state index >= 15 is 0 Å². The van der Waals surface area contributed by atoms with Gasteiger partial charge in [0.15, 0.2) is 11.6 Å². The lowest BCUT2D eigenvalue weighted by molar-refractivity contribution is -0.131. The molecule has 0 radical (unpaired) electrons. The number of H-pyrrole nitrogens is 1. The first-order valence-corrected chi connectivity index (χ1v) is 9.85. The first kappa shape index (κ1) is 18.4. The zero-order chi connectivity index (χ0) is 20.5. The number of nitrogens with zero attached hydrogens (tertiary/aromatic N) is 1. The predicted octanol–water partition coefficient (Wildman–Crippen LogP) is 5.09. The Kier molecular flexibility index (Phi) is 3.94. The smallest absolute Gasteiger partial charge is 0.220 e. The van der Waals surface area contributed by atoms with Gasteiger partial charge in [-0.1, -0.05) is 17.7 Å². The Labute approximate surface area is 171 Å². The third-order valence-corrected chi connectivity index (χ3v) is 6.46. The van der Waals surface area contributed by atoms with Gasteiger partial charge in [0.25, 0.3) is 0 Å². The summed E-state index contributed by atoms with van der Waals surface area (Å²) in [7, 11) is 1.54. The van der Waals surface area contributed by atoms with Gasteiger partial charge >= 0.3 is 0 Å². The molecule has 0 saturated heterocycles. The van der Waals surface area contributed by atoms with Crippen molar-refractivity contribution in [3.8, 4) is 5.75 Å². The lowest BCUT2D eigenvalue weighted by Crippen LogP contribution is -2.44. The van der Waals surface area contributed by atoms with Gasteiger partial charge in [0.1, 0.15) is 11.8 Å². The van der Waals surface area contributed by atoms with E-state index < -0.39 is 17.7 Å². The average Bonchev–Trinajstić information content (AvgIpc) is 3.34. The van der Waals surface area contributed by atoms with Gasteiger partial charge in [0, 0.05) is 46.1 Å². The van der Waals surface area contributed by atoms with Crippen molar-refractivity contribution in [3.05, 3.63) is 63.8 Å². The van der Waals surface area contributed by atoms with Crippen molar-refractivity contribution < 1.29 is 18.3 Å². The van der Waals surface area contributed by atoms with Crippen molar-refractivity contribution in [2.45, 2.75) is 31.2 Å². The maximum absolute atomic E-state index is 14.9. The van der Waals surface area contributed by atoms with Crippen LogP contribution in [0.15, 0.2) is 30.3 Å². The number of rotatable bonds is 2. The molecule has 1 N–H and O–H groups in total. The standard InChI is InChI=1S/C22H19ClF2N2O2/c1-11(28)27-10-22(7-8-22)18-17-15(6-5-14(24)19(17)25)26-20(18)21(27)13-4-3-12(23)9-16(13)29-2/h3-6,9,21,26H,7-8,10H2,1-2H3. The number of aromatic nitrogens is 1. The summed E-state index contributed by atoms with van der Waals surface area (Å²) < 4.78 is 34.5. The largest absolute Gasteiger partial charge is 0.496 e. The SMILES string of the molecule is COc1cc(Cl)ccc1C1c2[nH]c3ccc(F)c(F)c3c2C2(CC2)CN1C(C)=O. The second-order valence-corrected chi connectivity index (χ2v) is 8.35. The van der Waals surface area contributed by atoms with E-state index in [-0.39, 0.29) is 11.3 Å². The van der Waals surface area contributed by atoms with E-state index in [0.717, 1.165) is 30.0 Å². The summed E-state index contributed by atoms with van der Waals surface area (Å²) in [6, 6.07) is 7.42. The Bertz CT molecular complexity index is 1170. The summed E-state index contributed by atoms with van der Waals surface area (Å²) in [5.74, 6) is -1.26. The van der Waals surface area contributed by atoms with Crippen LogP contribution in [0, 0.1) is 11.6 Å². The molecule has 2 aliphatic rings. The molecule has 3 aromatic rings. The van der Waals surface area contributed by atoms with Crippen LogP contribution in [0.4, 0.5) is 8.78 Å². The molecule has 1 aliphatic heterocycles. The number of carbonyl (C=O) groups is 1. The minimum Gasteiger partial charge on any atom is -0.496 e. The van der Waals surface area contributed by atoms with Gasteiger partial charge in [0.05, 0.1) is 7.11 Å². The van der Waals surface area contributed by atoms with Gasteiger partial charge in [-0.05, 0) is 42.7 Å². The second-order valence-electron chi connectivity index (χ2n) is 7.91. The third-order valence-electron chi connectivity index (χ3n) is 6.22. The molecule has 4 nitrogen and oxygen atoms in total. The molecule has 150 valence electrons. The number of fused-ring (bicyclic) bond motifs is 4. The molecule has 1 aliphatic carbocycles. The maximum Gasteiger partial charge on any atom is 0.220 e. The molecular weight excluding hydrogens is 398 g/mol. The number of hydrogen-bond donors (Lipinski definition) is 1. The Morgan fingerprint density at radius 3 is 2.69 bits per heavy atom. The van der Waals surface area contributed by atoms with Crippen molar-refractivity contribution in [1.29, 1.82) is 0 Å². The monoisotopic (exact) mass is 416 g/mol. The van der Waals surface area contributed by atoms with Crippen molar-refractivity contribution in [2.24, 2.45) is 0 Å². The van der Waals surface area contributed by atoms with Gasteiger partial charge in [-0.15, -0.1) is 0 Å². The van der Waals surface area contributed by atoms with Crippen molar-refractivity contribution in [2.75, 3.05) is 13.7 Å². The van der Waals surface area contributed by atoms with Gasteiger partial charge in [0.2, 0.25) is 5.91 Å². The van der Waals surface area contributed by atoms with Crippen LogP contribution in [0.3, 0.4) is 0 Å². The molecule has 1 atom stereocenters. The highest BCUT2D eigenvalue weighted by molar-refractivity contribution is 6.30. The molecule has 1 amide bonds. The maximum atomic E-state index is 14.9. The lowest BCUT2D eigenvalue weighted by atomic mass is 9.83. The zero-order valence-electron chi connectivity index (χ0n) is 16.0. The van der Waals surface area contributed by atoms with Crippen LogP contribution in [-0.4, -0.2) is 29.4 Å². The molecule has 2 aromatic carbocycles.